The average Bonchev–Trinajstić information content (AvgIpc) is 2.31. The van der Waals surface area contributed by atoms with Crippen molar-refractivity contribution in [2.75, 3.05) is 14.2 Å². The summed E-state index contributed by atoms with van der Waals surface area (Å²) in [5.41, 5.74) is 0. The first-order valence-corrected chi connectivity index (χ1v) is 11.3. The van der Waals surface area contributed by atoms with Crippen molar-refractivity contribution in [1.29, 1.82) is 0 Å². The summed E-state index contributed by atoms with van der Waals surface area (Å²) in [5.74, 6) is 0. The molecule has 104 valence electrons. The van der Waals surface area contributed by atoms with Crippen LogP contribution in [-0.2, 0) is 4.43 Å². The Morgan fingerprint density at radius 2 is 1.41 bits per heavy atom. The van der Waals surface area contributed by atoms with Gasteiger partial charge in [-0.2, -0.15) is 0 Å². The van der Waals surface area contributed by atoms with Crippen LogP contribution in [-0.4, -0.2) is 31.0 Å². The van der Waals surface area contributed by atoms with Crippen LogP contribution in [0.25, 0.3) is 0 Å². The van der Waals surface area contributed by atoms with Crippen LogP contribution in [0.1, 0.15) is 41.5 Å². The summed E-state index contributed by atoms with van der Waals surface area (Å²) in [5, 5.41) is 0.147. The molecule has 0 amide bonds. The van der Waals surface area contributed by atoms with Gasteiger partial charge in [0.25, 0.3) is 0 Å². The van der Waals surface area contributed by atoms with Gasteiger partial charge in [-0.3, -0.25) is 0 Å². The Labute approximate surface area is 110 Å². The minimum Gasteiger partial charge on any atom is -0.395 e. The van der Waals surface area contributed by atoms with Crippen LogP contribution in [0.2, 0.25) is 23.2 Å². The van der Waals surface area contributed by atoms with E-state index in [-0.39, 0.29) is 5.04 Å². The van der Waals surface area contributed by atoms with E-state index < -0.39 is 16.9 Å². The molecule has 1 unspecified atom stereocenters. The van der Waals surface area contributed by atoms with E-state index in [1.807, 2.05) is 14.2 Å². The summed E-state index contributed by atoms with van der Waals surface area (Å²) in [6.45, 7) is 13.8. The van der Waals surface area contributed by atoms with Gasteiger partial charge in [-0.25, -0.2) is 0 Å². The van der Waals surface area contributed by atoms with Crippen LogP contribution in [0.15, 0.2) is 0 Å². The van der Waals surface area contributed by atoms with Gasteiger partial charge >= 0.3 is 8.64 Å². The molecule has 0 heterocycles. The maximum atomic E-state index is 5.96. The molecule has 0 aromatic rings. The van der Waals surface area contributed by atoms with Gasteiger partial charge < -0.3 is 14.1 Å². The highest BCUT2D eigenvalue weighted by Gasteiger charge is 2.50. The fourth-order valence-electron chi connectivity index (χ4n) is 2.47. The van der Waals surface area contributed by atoms with Crippen LogP contribution in [0.3, 0.4) is 0 Å². The van der Waals surface area contributed by atoms with Gasteiger partial charge in [0.2, 0.25) is 0 Å². The molecule has 0 aliphatic rings. The van der Waals surface area contributed by atoms with E-state index in [2.05, 4.69) is 51.2 Å². The molecule has 0 radical (unpaired) electrons. The van der Waals surface area contributed by atoms with Gasteiger partial charge in [-0.05, 0) is 25.2 Å². The Hall–Kier alpha value is 0.314. The molecule has 2 N–H and O–H groups in total. The predicted molar refractivity (Wildman–Crippen MR) is 81.9 cm³/mol. The van der Waals surface area contributed by atoms with Crippen LogP contribution >= 0.6 is 0 Å². The molecule has 0 saturated carbocycles. The van der Waals surface area contributed by atoms with Gasteiger partial charge in [0.05, 0.1) is 0 Å². The first-order chi connectivity index (χ1) is 7.76. The molecule has 0 aliphatic heterocycles. The normalized spacial score (nSPS) is 16.9. The molecule has 0 fully saturated rings. The van der Waals surface area contributed by atoms with Crippen molar-refractivity contribution in [2.45, 2.75) is 64.7 Å². The Balaban J connectivity index is 5.24. The zero-order valence-electron chi connectivity index (χ0n) is 13.0. The van der Waals surface area contributed by atoms with Crippen molar-refractivity contribution in [3.05, 3.63) is 0 Å². The Kier molecular flexibility index (Phi) is 6.59. The summed E-state index contributed by atoms with van der Waals surface area (Å²) in [6, 6.07) is 3.82. The molecule has 0 spiro atoms. The average molecular weight is 277 g/mol. The van der Waals surface area contributed by atoms with Crippen LogP contribution < -0.4 is 9.63 Å². The molecule has 0 aliphatic carbocycles. The summed E-state index contributed by atoms with van der Waals surface area (Å²) >= 11 is 0. The zero-order chi connectivity index (χ0) is 13.7. The number of hydrogen-bond acceptors (Lipinski definition) is 3. The van der Waals surface area contributed by atoms with Crippen molar-refractivity contribution >= 4 is 16.9 Å². The molecule has 5 heteroatoms. The zero-order valence-corrected chi connectivity index (χ0v) is 15.0. The molecule has 3 nitrogen and oxygen atoms in total. The molecule has 0 bridgehead atoms. The van der Waals surface area contributed by atoms with Crippen LogP contribution in [0.5, 0.6) is 0 Å². The molecule has 17 heavy (non-hydrogen) atoms. The monoisotopic (exact) mass is 276 g/mol. The quantitative estimate of drug-likeness (QED) is 0.701. The fourth-order valence-corrected chi connectivity index (χ4v) is 13.1. The molecular weight excluding hydrogens is 244 g/mol. The molecule has 0 aromatic heterocycles. The predicted octanol–water partition coefficient (Wildman–Crippen LogP) is 3.19. The highest BCUT2D eigenvalue weighted by molar-refractivity contribution is 6.90. The first kappa shape index (κ1) is 17.3. The number of rotatable bonds is 7. The van der Waals surface area contributed by atoms with Crippen LogP contribution in [0, 0.1) is 0 Å². The highest BCUT2D eigenvalue weighted by atomic mass is 28.4. The summed E-state index contributed by atoms with van der Waals surface area (Å²) in [4.78, 5) is 3.50. The summed E-state index contributed by atoms with van der Waals surface area (Å²) in [6.07, 6.45) is 0. The van der Waals surface area contributed by atoms with E-state index in [1.54, 1.807) is 0 Å². The highest BCUT2D eigenvalue weighted by Crippen LogP contribution is 2.34. The molecular formula is C12H32N2OSi2. The second-order valence-corrected chi connectivity index (χ2v) is 15.3. The van der Waals surface area contributed by atoms with Gasteiger partial charge in [0.15, 0.2) is 0 Å². The Morgan fingerprint density at radius 3 is 1.59 bits per heavy atom. The van der Waals surface area contributed by atoms with Crippen molar-refractivity contribution in [2.24, 2.45) is 0 Å². The smallest absolute Gasteiger partial charge is 0.350 e. The maximum absolute atomic E-state index is 5.96. The van der Waals surface area contributed by atoms with E-state index in [0.717, 1.165) is 0 Å². The third-order valence-corrected chi connectivity index (χ3v) is 15.2. The SMILES string of the molecule is CC[Si](CC)(CC)N[Si](NC)(OC)C(C)(C)C. The maximum Gasteiger partial charge on any atom is 0.350 e. The van der Waals surface area contributed by atoms with Crippen molar-refractivity contribution in [3.8, 4) is 0 Å². The van der Waals surface area contributed by atoms with Crippen molar-refractivity contribution < 1.29 is 4.43 Å². The lowest BCUT2D eigenvalue weighted by atomic mass is 10.3. The third kappa shape index (κ3) is 3.64. The fraction of sp³-hybridized carbons (Fsp3) is 1.00. The third-order valence-electron chi connectivity index (χ3n) is 4.19. The van der Waals surface area contributed by atoms with Gasteiger partial charge in [0.1, 0.15) is 8.24 Å². The molecule has 0 aromatic carbocycles. The minimum atomic E-state index is -2.08. The van der Waals surface area contributed by atoms with E-state index in [1.165, 1.54) is 18.1 Å². The van der Waals surface area contributed by atoms with E-state index in [0.29, 0.717) is 0 Å². The van der Waals surface area contributed by atoms with E-state index in [9.17, 15) is 0 Å². The van der Waals surface area contributed by atoms with Crippen molar-refractivity contribution in [3.63, 3.8) is 0 Å². The summed E-state index contributed by atoms with van der Waals surface area (Å²) < 4.78 is 9.98. The lowest BCUT2D eigenvalue weighted by molar-refractivity contribution is 0.342. The Bertz CT molecular complexity index is 213. The largest absolute Gasteiger partial charge is 0.395 e. The number of nitrogens with one attached hydrogen (secondary N) is 2. The van der Waals surface area contributed by atoms with E-state index >= 15 is 0 Å². The van der Waals surface area contributed by atoms with Gasteiger partial charge in [0, 0.05) is 12.1 Å². The second-order valence-electron chi connectivity index (χ2n) is 5.85. The molecule has 1 atom stereocenters. The first-order valence-electron chi connectivity index (χ1n) is 6.79. The van der Waals surface area contributed by atoms with Crippen molar-refractivity contribution in [1.82, 2.24) is 9.63 Å². The van der Waals surface area contributed by atoms with Gasteiger partial charge in [-0.1, -0.05) is 41.5 Å². The second kappa shape index (κ2) is 6.47. The molecule has 0 saturated heterocycles. The lowest BCUT2D eigenvalue weighted by Crippen LogP contribution is -2.75. The van der Waals surface area contributed by atoms with E-state index in [4.69, 9.17) is 4.43 Å². The van der Waals surface area contributed by atoms with Gasteiger partial charge in [-0.15, -0.1) is 0 Å². The number of hydrogen-bond donors (Lipinski definition) is 2. The topological polar surface area (TPSA) is 33.3 Å². The molecule has 0 rings (SSSR count). The minimum absolute atomic E-state index is 0.147. The van der Waals surface area contributed by atoms with Crippen LogP contribution in [0.4, 0.5) is 0 Å². The summed E-state index contributed by atoms with van der Waals surface area (Å²) in [7, 11) is 0.422. The Morgan fingerprint density at radius 1 is 1.00 bits per heavy atom. The standard InChI is InChI=1S/C12H32N2OSi2/c1-9-16(10-2,11-3)14-17(13-7,15-8)12(4,5)6/h13-14H,9-11H2,1-8H3. The lowest BCUT2D eigenvalue weighted by Gasteiger charge is -2.46.